The summed E-state index contributed by atoms with van der Waals surface area (Å²) in [6.45, 7) is 2.61. The first-order valence-electron chi connectivity index (χ1n) is 6.91. The van der Waals surface area contributed by atoms with Gasteiger partial charge in [0.05, 0.1) is 13.1 Å². The van der Waals surface area contributed by atoms with Crippen LogP contribution in [0, 0.1) is 6.92 Å². The Balaban J connectivity index is 2.19. The molecule has 0 aliphatic rings. The maximum Gasteiger partial charge on any atom is 0.401 e. The Labute approximate surface area is 132 Å². The van der Waals surface area contributed by atoms with Crippen LogP contribution in [0.25, 0.3) is 0 Å². The van der Waals surface area contributed by atoms with E-state index in [-0.39, 0.29) is 0 Å². The van der Waals surface area contributed by atoms with E-state index in [2.05, 4.69) is 20.6 Å². The lowest BCUT2D eigenvalue weighted by atomic mass is 10.4. The van der Waals surface area contributed by atoms with Crippen LogP contribution in [0.4, 0.5) is 13.2 Å². The van der Waals surface area contributed by atoms with Crippen molar-refractivity contribution in [2.24, 2.45) is 4.99 Å². The lowest BCUT2D eigenvalue weighted by Crippen LogP contribution is -2.38. The van der Waals surface area contributed by atoms with Crippen LogP contribution in [0.2, 0.25) is 0 Å². The molecule has 0 radical (unpaired) electrons. The van der Waals surface area contributed by atoms with E-state index in [4.69, 9.17) is 0 Å². The lowest BCUT2D eigenvalue weighted by molar-refractivity contribution is -0.143. The molecule has 9 heteroatoms. The average molecular weight is 337 g/mol. The molecule has 0 unspecified atom stereocenters. The van der Waals surface area contributed by atoms with Gasteiger partial charge in [0.25, 0.3) is 0 Å². The molecule has 0 spiro atoms. The lowest BCUT2D eigenvalue weighted by Gasteiger charge is -2.18. The second-order valence-corrected chi connectivity index (χ2v) is 6.24. The average Bonchev–Trinajstić information content (AvgIpc) is 2.81. The zero-order valence-corrected chi connectivity index (χ0v) is 13.8. The summed E-state index contributed by atoms with van der Waals surface area (Å²) in [4.78, 5) is 10.7. The van der Waals surface area contributed by atoms with E-state index in [9.17, 15) is 13.2 Å². The molecule has 1 rings (SSSR count). The third kappa shape index (κ3) is 8.18. The molecule has 0 aliphatic heterocycles. The quantitative estimate of drug-likeness (QED) is 0.454. The van der Waals surface area contributed by atoms with Crippen LogP contribution in [0.3, 0.4) is 0 Å². The third-order valence-electron chi connectivity index (χ3n) is 2.76. The highest BCUT2D eigenvalue weighted by Gasteiger charge is 2.28. The van der Waals surface area contributed by atoms with Crippen molar-refractivity contribution in [1.29, 1.82) is 0 Å². The molecule has 2 N–H and O–H groups in total. The van der Waals surface area contributed by atoms with Crippen molar-refractivity contribution in [1.82, 2.24) is 20.5 Å². The van der Waals surface area contributed by atoms with Crippen LogP contribution < -0.4 is 10.6 Å². The molecule has 22 heavy (non-hydrogen) atoms. The maximum absolute atomic E-state index is 12.2. The maximum atomic E-state index is 12.2. The van der Waals surface area contributed by atoms with Crippen LogP contribution in [0.5, 0.6) is 0 Å². The molecule has 0 aliphatic carbocycles. The summed E-state index contributed by atoms with van der Waals surface area (Å²) in [5, 5.41) is 7.15. The topological polar surface area (TPSA) is 52.6 Å². The molecule has 0 aromatic carbocycles. The number of guanidine groups is 1. The van der Waals surface area contributed by atoms with Gasteiger partial charge in [-0.2, -0.15) is 13.2 Å². The van der Waals surface area contributed by atoms with E-state index >= 15 is 0 Å². The van der Waals surface area contributed by atoms with Gasteiger partial charge in [0.2, 0.25) is 0 Å². The molecule has 5 nitrogen and oxygen atoms in total. The number of aryl methyl sites for hydroxylation is 1. The van der Waals surface area contributed by atoms with Crippen molar-refractivity contribution < 1.29 is 13.2 Å². The van der Waals surface area contributed by atoms with Crippen LogP contribution >= 0.6 is 11.3 Å². The molecule has 1 aromatic heterocycles. The van der Waals surface area contributed by atoms with Crippen molar-refractivity contribution in [3.63, 3.8) is 0 Å². The van der Waals surface area contributed by atoms with Crippen molar-refractivity contribution in [3.8, 4) is 0 Å². The first kappa shape index (κ1) is 18.7. The Morgan fingerprint density at radius 2 is 2.14 bits per heavy atom. The van der Waals surface area contributed by atoms with Gasteiger partial charge in [-0.15, -0.1) is 11.3 Å². The van der Waals surface area contributed by atoms with Crippen molar-refractivity contribution in [2.75, 3.05) is 33.7 Å². The number of halogens is 3. The normalized spacial score (nSPS) is 12.8. The number of hydrogen-bond acceptors (Lipinski definition) is 4. The van der Waals surface area contributed by atoms with Gasteiger partial charge in [0.1, 0.15) is 5.01 Å². The fourth-order valence-corrected chi connectivity index (χ4v) is 2.53. The van der Waals surface area contributed by atoms with Gasteiger partial charge in [-0.1, -0.05) is 0 Å². The summed E-state index contributed by atoms with van der Waals surface area (Å²) >= 11 is 1.61. The van der Waals surface area contributed by atoms with Crippen molar-refractivity contribution >= 4 is 17.3 Å². The van der Waals surface area contributed by atoms with E-state index in [1.165, 1.54) is 11.9 Å². The standard InChI is InChI=1S/C13H22F3N5S/c1-10-7-19-11(22-10)8-20-12(17-2)18-5-4-6-21(3)9-13(14,15)16/h7H,4-6,8-9H2,1-3H3,(H2,17,18,20). The largest absolute Gasteiger partial charge is 0.401 e. The highest BCUT2D eigenvalue weighted by molar-refractivity contribution is 7.11. The van der Waals surface area contributed by atoms with Gasteiger partial charge in [0.15, 0.2) is 5.96 Å². The molecule has 126 valence electrons. The predicted octanol–water partition coefficient (Wildman–Crippen LogP) is 2.00. The highest BCUT2D eigenvalue weighted by atomic mass is 32.1. The van der Waals surface area contributed by atoms with Gasteiger partial charge in [-0.3, -0.25) is 9.89 Å². The molecular formula is C13H22F3N5S. The fraction of sp³-hybridized carbons (Fsp3) is 0.692. The number of hydrogen-bond donors (Lipinski definition) is 2. The minimum absolute atomic E-state index is 0.370. The number of nitrogens with one attached hydrogen (secondary N) is 2. The van der Waals surface area contributed by atoms with Crippen molar-refractivity contribution in [2.45, 2.75) is 26.1 Å². The number of thiazole rings is 1. The summed E-state index contributed by atoms with van der Waals surface area (Å²) < 4.78 is 36.5. The smallest absolute Gasteiger partial charge is 0.356 e. The summed E-state index contributed by atoms with van der Waals surface area (Å²) in [5.41, 5.74) is 0. The van der Waals surface area contributed by atoms with Crippen LogP contribution in [0.1, 0.15) is 16.3 Å². The molecule has 1 heterocycles. The second-order valence-electron chi connectivity index (χ2n) is 4.92. The number of aliphatic imine (C=N–C) groups is 1. The number of rotatable bonds is 7. The molecule has 0 saturated heterocycles. The van der Waals surface area contributed by atoms with Crippen LogP contribution in [-0.4, -0.2) is 55.7 Å². The van der Waals surface area contributed by atoms with E-state index < -0.39 is 12.7 Å². The highest BCUT2D eigenvalue weighted by Crippen LogP contribution is 2.15. The summed E-state index contributed by atoms with van der Waals surface area (Å²) in [6.07, 6.45) is -1.73. The van der Waals surface area contributed by atoms with E-state index in [0.29, 0.717) is 32.0 Å². The summed E-state index contributed by atoms with van der Waals surface area (Å²) in [7, 11) is 3.11. The molecule has 0 amide bonds. The molecule has 0 fully saturated rings. The number of alkyl halides is 3. The van der Waals surface area contributed by atoms with Gasteiger partial charge >= 0.3 is 6.18 Å². The first-order valence-corrected chi connectivity index (χ1v) is 7.73. The van der Waals surface area contributed by atoms with Gasteiger partial charge in [-0.05, 0) is 26.9 Å². The van der Waals surface area contributed by atoms with Crippen LogP contribution in [0.15, 0.2) is 11.2 Å². The number of aromatic nitrogens is 1. The van der Waals surface area contributed by atoms with Gasteiger partial charge < -0.3 is 10.6 Å². The third-order valence-corrected chi connectivity index (χ3v) is 3.67. The van der Waals surface area contributed by atoms with E-state index in [0.717, 1.165) is 9.88 Å². The predicted molar refractivity (Wildman–Crippen MR) is 83.2 cm³/mol. The zero-order valence-electron chi connectivity index (χ0n) is 13.0. The Kier molecular flexibility index (Phi) is 7.60. The Morgan fingerprint density at radius 3 is 2.68 bits per heavy atom. The van der Waals surface area contributed by atoms with Crippen molar-refractivity contribution in [3.05, 3.63) is 16.1 Å². The van der Waals surface area contributed by atoms with E-state index in [1.54, 1.807) is 18.4 Å². The molecule has 1 aromatic rings. The monoisotopic (exact) mass is 337 g/mol. The minimum Gasteiger partial charge on any atom is -0.356 e. The second kappa shape index (κ2) is 8.94. The Hall–Kier alpha value is -1.35. The van der Waals surface area contributed by atoms with Crippen LogP contribution in [-0.2, 0) is 6.54 Å². The first-order chi connectivity index (χ1) is 10.3. The van der Waals surface area contributed by atoms with E-state index in [1.807, 2.05) is 13.1 Å². The summed E-state index contributed by atoms with van der Waals surface area (Å²) in [6, 6.07) is 0. The van der Waals surface area contributed by atoms with Gasteiger partial charge in [0, 0.05) is 24.7 Å². The van der Waals surface area contributed by atoms with Gasteiger partial charge in [-0.25, -0.2) is 4.98 Å². The zero-order chi connectivity index (χ0) is 16.6. The number of nitrogens with zero attached hydrogens (tertiary/aromatic N) is 3. The molecule has 0 saturated carbocycles. The fourth-order valence-electron chi connectivity index (χ4n) is 1.80. The Bertz CT molecular complexity index is 472. The molecule has 0 atom stereocenters. The summed E-state index contributed by atoms with van der Waals surface area (Å²) in [5.74, 6) is 0.617. The minimum atomic E-state index is -4.15. The SMILES string of the molecule is CN=C(NCCCN(C)CC(F)(F)F)NCc1ncc(C)s1. The molecular weight excluding hydrogens is 315 g/mol. The molecule has 0 bridgehead atoms. The Morgan fingerprint density at radius 1 is 1.41 bits per heavy atom.